The van der Waals surface area contributed by atoms with Gasteiger partial charge in [0.05, 0.1) is 11.4 Å². The van der Waals surface area contributed by atoms with E-state index in [0.717, 1.165) is 18.1 Å². The minimum absolute atomic E-state index is 0.794. The Labute approximate surface area is 78.2 Å². The van der Waals surface area contributed by atoms with Crippen LogP contribution in [0.5, 0.6) is 0 Å². The van der Waals surface area contributed by atoms with Crippen molar-refractivity contribution in [3.63, 3.8) is 0 Å². The Kier molecular flexibility index (Phi) is 1.81. The van der Waals surface area contributed by atoms with Crippen LogP contribution in [0, 0.1) is 0 Å². The molecule has 0 bridgehead atoms. The van der Waals surface area contributed by atoms with Crippen LogP contribution < -0.4 is 10.2 Å². The predicted octanol–water partition coefficient (Wildman–Crippen LogP) is 2.58. The third-order valence-electron chi connectivity index (χ3n) is 2.11. The summed E-state index contributed by atoms with van der Waals surface area (Å²) < 4.78 is 0. The molecule has 0 aliphatic carbocycles. The molecule has 1 aliphatic heterocycles. The Bertz CT molecular complexity index is 355. The topological polar surface area (TPSA) is 15.3 Å². The van der Waals surface area contributed by atoms with Gasteiger partial charge in [-0.2, -0.15) is 0 Å². The van der Waals surface area contributed by atoms with Crippen LogP contribution in [-0.2, 0) is 0 Å². The molecular weight excluding hydrogens is 160 g/mol. The summed E-state index contributed by atoms with van der Waals surface area (Å²) in [5.41, 5.74) is 2.29. The highest BCUT2D eigenvalue weighted by atomic mass is 15.3. The van der Waals surface area contributed by atoms with Gasteiger partial charge in [-0.25, -0.2) is 0 Å². The minimum atomic E-state index is 0.794. The molecule has 0 saturated heterocycles. The molecule has 1 aromatic carbocycles. The number of nitrogens with one attached hydrogen (secondary N) is 1. The summed E-state index contributed by atoms with van der Waals surface area (Å²) in [4.78, 5) is 2.10. The van der Waals surface area contributed by atoms with E-state index in [1.54, 1.807) is 0 Å². The van der Waals surface area contributed by atoms with E-state index in [1.807, 2.05) is 24.3 Å². The average Bonchev–Trinajstić information content (AvgIpc) is 2.44. The normalized spacial score (nSPS) is 13.8. The van der Waals surface area contributed by atoms with Crippen LogP contribution in [0.2, 0.25) is 0 Å². The second-order valence-electron chi connectivity index (χ2n) is 2.99. The fourth-order valence-corrected chi connectivity index (χ4v) is 1.52. The van der Waals surface area contributed by atoms with Gasteiger partial charge in [0.25, 0.3) is 0 Å². The van der Waals surface area contributed by atoms with E-state index in [4.69, 9.17) is 0 Å². The van der Waals surface area contributed by atoms with Gasteiger partial charge < -0.3 is 10.2 Å². The Balaban J connectivity index is 2.40. The number of anilines is 2. The molecule has 0 atom stereocenters. The number of benzene rings is 1. The van der Waals surface area contributed by atoms with Crippen molar-refractivity contribution in [2.24, 2.45) is 0 Å². The molecule has 1 aromatic rings. The lowest BCUT2D eigenvalue weighted by atomic mass is 10.2. The Morgan fingerprint density at radius 1 is 1.38 bits per heavy atom. The van der Waals surface area contributed by atoms with E-state index in [-0.39, 0.29) is 0 Å². The lowest BCUT2D eigenvalue weighted by molar-refractivity contribution is 1.06. The zero-order valence-electron chi connectivity index (χ0n) is 7.46. The first kappa shape index (κ1) is 7.92. The van der Waals surface area contributed by atoms with Crippen molar-refractivity contribution in [1.82, 2.24) is 0 Å². The number of para-hydroxylation sites is 2. The van der Waals surface area contributed by atoms with Gasteiger partial charge in [0, 0.05) is 6.54 Å². The van der Waals surface area contributed by atoms with Gasteiger partial charge in [0.2, 0.25) is 0 Å². The van der Waals surface area contributed by atoms with Crippen molar-refractivity contribution >= 4 is 11.4 Å². The van der Waals surface area contributed by atoms with E-state index in [9.17, 15) is 0 Å². The fraction of sp³-hybridized carbons (Fsp3) is 0.0909. The number of rotatable bonds is 2. The van der Waals surface area contributed by atoms with Gasteiger partial charge >= 0.3 is 0 Å². The van der Waals surface area contributed by atoms with Crippen molar-refractivity contribution in [3.8, 4) is 0 Å². The number of fused-ring (bicyclic) bond motifs is 1. The second kappa shape index (κ2) is 2.98. The molecular formula is C11H12N2. The molecule has 0 spiro atoms. The van der Waals surface area contributed by atoms with Gasteiger partial charge in [-0.05, 0) is 12.1 Å². The quantitative estimate of drug-likeness (QED) is 0.690. The van der Waals surface area contributed by atoms with Crippen LogP contribution in [0.25, 0.3) is 0 Å². The fourth-order valence-electron chi connectivity index (χ4n) is 1.52. The summed E-state index contributed by atoms with van der Waals surface area (Å²) in [6.07, 6.45) is 1.87. The summed E-state index contributed by atoms with van der Waals surface area (Å²) in [7, 11) is 0. The van der Waals surface area contributed by atoms with Crippen LogP contribution in [0.1, 0.15) is 0 Å². The summed E-state index contributed by atoms with van der Waals surface area (Å²) in [6.45, 7) is 8.45. The van der Waals surface area contributed by atoms with Gasteiger partial charge in [-0.3, -0.25) is 0 Å². The van der Waals surface area contributed by atoms with E-state index >= 15 is 0 Å². The molecule has 1 heterocycles. The molecule has 0 aromatic heterocycles. The second-order valence-corrected chi connectivity index (χ2v) is 2.99. The first-order valence-electron chi connectivity index (χ1n) is 4.26. The summed E-state index contributed by atoms with van der Waals surface area (Å²) in [6, 6.07) is 8.15. The Morgan fingerprint density at radius 2 is 2.15 bits per heavy atom. The standard InChI is InChI=1S/C11H12N2/c1-3-8-13-9(2)12-10-6-4-5-7-11(10)13/h3-7,12H,1-2,8H2. The van der Waals surface area contributed by atoms with Crippen molar-refractivity contribution in [1.29, 1.82) is 0 Å². The molecule has 1 aliphatic rings. The average molecular weight is 172 g/mol. The Morgan fingerprint density at radius 3 is 2.92 bits per heavy atom. The molecule has 0 fully saturated rings. The van der Waals surface area contributed by atoms with E-state index in [1.165, 1.54) is 5.69 Å². The third-order valence-corrected chi connectivity index (χ3v) is 2.11. The predicted molar refractivity (Wildman–Crippen MR) is 56.7 cm³/mol. The van der Waals surface area contributed by atoms with Gasteiger partial charge in [0.1, 0.15) is 5.82 Å². The highest BCUT2D eigenvalue weighted by Gasteiger charge is 2.19. The van der Waals surface area contributed by atoms with Gasteiger partial charge in [-0.15, -0.1) is 6.58 Å². The zero-order valence-corrected chi connectivity index (χ0v) is 7.46. The van der Waals surface area contributed by atoms with Crippen molar-refractivity contribution < 1.29 is 0 Å². The molecule has 66 valence electrons. The first-order chi connectivity index (χ1) is 6.33. The molecule has 0 saturated carbocycles. The molecule has 13 heavy (non-hydrogen) atoms. The first-order valence-corrected chi connectivity index (χ1v) is 4.26. The number of nitrogens with zero attached hydrogens (tertiary/aromatic N) is 1. The van der Waals surface area contributed by atoms with Crippen molar-refractivity contribution in [2.75, 3.05) is 16.8 Å². The number of hydrogen-bond acceptors (Lipinski definition) is 2. The number of hydrogen-bond donors (Lipinski definition) is 1. The van der Waals surface area contributed by atoms with Crippen LogP contribution in [0.4, 0.5) is 11.4 Å². The largest absolute Gasteiger partial charge is 0.340 e. The molecule has 1 N–H and O–H groups in total. The highest BCUT2D eigenvalue weighted by Crippen LogP contribution is 2.34. The lowest BCUT2D eigenvalue weighted by Gasteiger charge is -2.16. The van der Waals surface area contributed by atoms with Crippen LogP contribution in [0.15, 0.2) is 49.3 Å². The van der Waals surface area contributed by atoms with E-state index < -0.39 is 0 Å². The van der Waals surface area contributed by atoms with Gasteiger partial charge in [0.15, 0.2) is 0 Å². The minimum Gasteiger partial charge on any atom is -0.340 e. The third kappa shape index (κ3) is 1.20. The van der Waals surface area contributed by atoms with E-state index in [0.29, 0.717) is 0 Å². The molecule has 0 amide bonds. The van der Waals surface area contributed by atoms with Crippen LogP contribution in [0.3, 0.4) is 0 Å². The van der Waals surface area contributed by atoms with Crippen LogP contribution in [-0.4, -0.2) is 6.54 Å². The molecule has 2 rings (SSSR count). The Hall–Kier alpha value is -1.70. The molecule has 0 radical (unpaired) electrons. The van der Waals surface area contributed by atoms with E-state index in [2.05, 4.69) is 29.4 Å². The smallest absolute Gasteiger partial charge is 0.103 e. The maximum atomic E-state index is 3.94. The SMILES string of the molecule is C=CCN1C(=C)Nc2ccccc21. The molecule has 2 heteroatoms. The lowest BCUT2D eigenvalue weighted by Crippen LogP contribution is -2.19. The van der Waals surface area contributed by atoms with Crippen LogP contribution >= 0.6 is 0 Å². The maximum Gasteiger partial charge on any atom is 0.103 e. The van der Waals surface area contributed by atoms with Gasteiger partial charge in [-0.1, -0.05) is 24.8 Å². The molecule has 0 unspecified atom stereocenters. The van der Waals surface area contributed by atoms with Crippen molar-refractivity contribution in [2.45, 2.75) is 0 Å². The summed E-state index contributed by atoms with van der Waals surface area (Å²) >= 11 is 0. The maximum absolute atomic E-state index is 3.94. The summed E-state index contributed by atoms with van der Waals surface area (Å²) in [5, 5.41) is 3.22. The zero-order chi connectivity index (χ0) is 9.26. The monoisotopic (exact) mass is 172 g/mol. The highest BCUT2D eigenvalue weighted by molar-refractivity contribution is 5.80. The molecule has 2 nitrogen and oxygen atoms in total. The van der Waals surface area contributed by atoms with Crippen molar-refractivity contribution in [3.05, 3.63) is 49.3 Å². The summed E-state index contributed by atoms with van der Waals surface area (Å²) in [5.74, 6) is 0.918.